The van der Waals surface area contributed by atoms with E-state index in [1.165, 1.54) is 12.1 Å². The number of hydrogen-bond acceptors (Lipinski definition) is 10. The number of carbonyl (C=O) groups excluding carboxylic acids is 4. The molecule has 4 rings (SSSR count). The summed E-state index contributed by atoms with van der Waals surface area (Å²) >= 11 is 0. The fourth-order valence-electron chi connectivity index (χ4n) is 6.50. The molecule has 0 aromatic heterocycles. The summed E-state index contributed by atoms with van der Waals surface area (Å²) in [5.74, 6) is 2.36. The van der Waals surface area contributed by atoms with Crippen LogP contribution in [0.3, 0.4) is 0 Å². The van der Waals surface area contributed by atoms with Crippen molar-refractivity contribution in [3.05, 3.63) is 29.8 Å². The third-order valence-corrected chi connectivity index (χ3v) is 10.7. The fourth-order valence-corrected chi connectivity index (χ4v) is 7.87. The van der Waals surface area contributed by atoms with Crippen molar-refractivity contribution in [3.63, 3.8) is 0 Å². The van der Waals surface area contributed by atoms with Crippen molar-refractivity contribution < 1.29 is 46.5 Å². The minimum Gasteiger partial charge on any atom is -0.445 e. The monoisotopic (exact) mass is 733 g/mol. The van der Waals surface area contributed by atoms with Gasteiger partial charge in [0.2, 0.25) is 10.0 Å². The molecule has 2 saturated carbocycles. The third kappa shape index (κ3) is 10.6. The zero-order valence-corrected chi connectivity index (χ0v) is 30.9. The number of terminal acetylenes is 1. The number of ether oxygens (including phenoxy) is 4. The van der Waals surface area contributed by atoms with E-state index in [1.807, 2.05) is 6.92 Å². The molecule has 2 aliphatic carbocycles. The topological polar surface area (TPSA) is 173 Å². The molecule has 0 bridgehead atoms. The summed E-state index contributed by atoms with van der Waals surface area (Å²) in [6.45, 7) is 6.69. The van der Waals surface area contributed by atoms with Crippen LogP contribution in [0.15, 0.2) is 29.2 Å². The summed E-state index contributed by atoms with van der Waals surface area (Å²) in [5.41, 5.74) is 0.823. The Hall–Kier alpha value is -4.23. The highest BCUT2D eigenvalue weighted by atomic mass is 32.2. The molecule has 2 N–H and O–H groups in total. The summed E-state index contributed by atoms with van der Waals surface area (Å²) in [7, 11) is -4.33. The summed E-state index contributed by atoms with van der Waals surface area (Å²) in [5, 5.41) is 7.43. The van der Waals surface area contributed by atoms with Crippen molar-refractivity contribution in [2.24, 2.45) is 0 Å². The van der Waals surface area contributed by atoms with E-state index in [2.05, 4.69) is 16.6 Å². The molecule has 0 radical (unpaired) electrons. The number of alkyl carbamates (subject to hydrolysis) is 2. The Balaban J connectivity index is 1.82. The maximum atomic E-state index is 14.1. The first-order valence-corrected chi connectivity index (χ1v) is 19.1. The highest BCUT2D eigenvalue weighted by molar-refractivity contribution is 7.89. The van der Waals surface area contributed by atoms with E-state index in [0.717, 1.165) is 71.3 Å². The van der Waals surface area contributed by atoms with Gasteiger partial charge < -0.3 is 29.6 Å². The molecular weight excluding hydrogens is 682 g/mol. The molecule has 16 heteroatoms. The average molecular weight is 734 g/mol. The maximum absolute atomic E-state index is 14.1. The van der Waals surface area contributed by atoms with Gasteiger partial charge in [-0.3, -0.25) is 0 Å². The van der Waals surface area contributed by atoms with Crippen LogP contribution in [0.5, 0.6) is 0 Å². The number of benzene rings is 1. The first-order chi connectivity index (χ1) is 24.2. The number of nitrogens with zero attached hydrogens (tertiary/aromatic N) is 3. The predicted molar refractivity (Wildman–Crippen MR) is 186 cm³/mol. The number of nitrogens with one attached hydrogen (secondary N) is 2. The van der Waals surface area contributed by atoms with Crippen molar-refractivity contribution in [1.29, 1.82) is 0 Å². The molecule has 1 aliphatic heterocycles. The third-order valence-electron chi connectivity index (χ3n) is 8.92. The number of sulfonamides is 1. The highest BCUT2D eigenvalue weighted by Crippen LogP contribution is 2.30. The Morgan fingerprint density at radius 1 is 0.863 bits per heavy atom. The molecule has 51 heavy (non-hydrogen) atoms. The molecule has 3 fully saturated rings. The standard InChI is InChI=1S/C35H51N5O10S/c1-7-20-38(51(45,46)28-18-16-25(6)17-19-28)21-29-31(50-33(42)37-27-14-10-11-15-27)30(49-32(41)36-26-12-8-9-13-26)22-39(34(43)47-23(2)3)40(29)35(44)48-24(4)5/h1,16-19,23-24,26-27,29-31H,8-15,20-22H2,2-6H3,(H,36,41)(H,37,42)/t29-,30+,31-/m1/s1. The molecular formula is C35H51N5O10S. The Bertz CT molecular complexity index is 1520. The van der Waals surface area contributed by atoms with Crippen LogP contribution < -0.4 is 10.6 Å². The zero-order valence-electron chi connectivity index (χ0n) is 30.0. The molecule has 15 nitrogen and oxygen atoms in total. The van der Waals surface area contributed by atoms with E-state index in [0.29, 0.717) is 0 Å². The van der Waals surface area contributed by atoms with Gasteiger partial charge in [-0.25, -0.2) is 37.6 Å². The van der Waals surface area contributed by atoms with Crippen LogP contribution in [0, 0.1) is 19.3 Å². The molecule has 3 aliphatic rings. The van der Waals surface area contributed by atoms with E-state index in [-0.39, 0.29) is 17.0 Å². The second kappa shape index (κ2) is 17.8. The van der Waals surface area contributed by atoms with Crippen LogP contribution >= 0.6 is 0 Å². The van der Waals surface area contributed by atoms with Gasteiger partial charge in [-0.1, -0.05) is 49.3 Å². The van der Waals surface area contributed by atoms with Crippen molar-refractivity contribution >= 4 is 34.4 Å². The van der Waals surface area contributed by atoms with Crippen LogP contribution in [0.2, 0.25) is 0 Å². The van der Waals surface area contributed by atoms with E-state index in [4.69, 9.17) is 25.4 Å². The summed E-state index contributed by atoms with van der Waals surface area (Å²) in [6, 6.07) is 4.31. The van der Waals surface area contributed by atoms with Gasteiger partial charge in [0.1, 0.15) is 6.04 Å². The summed E-state index contributed by atoms with van der Waals surface area (Å²) in [4.78, 5) is 54.4. The predicted octanol–water partition coefficient (Wildman–Crippen LogP) is 4.68. The number of hydrogen-bond donors (Lipinski definition) is 2. The van der Waals surface area contributed by atoms with Crippen LogP contribution in [0.4, 0.5) is 19.2 Å². The number of carbonyl (C=O) groups is 4. The summed E-state index contributed by atoms with van der Waals surface area (Å²) < 4.78 is 52.1. The van der Waals surface area contributed by atoms with Gasteiger partial charge >= 0.3 is 24.4 Å². The van der Waals surface area contributed by atoms with E-state index < -0.39 is 84.5 Å². The Morgan fingerprint density at radius 2 is 1.37 bits per heavy atom. The largest absolute Gasteiger partial charge is 0.445 e. The molecule has 3 atom stereocenters. The quantitative estimate of drug-likeness (QED) is 0.240. The molecule has 4 amide bonds. The Labute approximate surface area is 300 Å². The second-order valence-corrected chi connectivity index (χ2v) is 15.7. The molecule has 1 aromatic rings. The minimum absolute atomic E-state index is 0.0771. The Kier molecular flexibility index (Phi) is 13.8. The van der Waals surface area contributed by atoms with Crippen molar-refractivity contribution in [1.82, 2.24) is 25.0 Å². The van der Waals surface area contributed by atoms with Crippen LogP contribution in [0.25, 0.3) is 0 Å². The van der Waals surface area contributed by atoms with Gasteiger partial charge in [0.15, 0.2) is 12.2 Å². The maximum Gasteiger partial charge on any atom is 0.429 e. The Morgan fingerprint density at radius 3 is 1.88 bits per heavy atom. The number of hydrazine groups is 1. The molecule has 1 saturated heterocycles. The molecule has 0 spiro atoms. The lowest BCUT2D eigenvalue weighted by Crippen LogP contribution is -2.71. The minimum atomic E-state index is -4.33. The van der Waals surface area contributed by atoms with Crippen LogP contribution in [-0.4, -0.2) is 109 Å². The van der Waals surface area contributed by atoms with Gasteiger partial charge in [-0.15, -0.1) is 6.42 Å². The molecule has 282 valence electrons. The first-order valence-electron chi connectivity index (χ1n) is 17.6. The van der Waals surface area contributed by atoms with Gasteiger partial charge in [-0.05, 0) is 72.4 Å². The van der Waals surface area contributed by atoms with E-state index in [1.54, 1.807) is 39.8 Å². The lowest BCUT2D eigenvalue weighted by molar-refractivity contribution is -0.161. The number of rotatable bonds is 11. The molecule has 1 aromatic carbocycles. The van der Waals surface area contributed by atoms with Crippen molar-refractivity contribution in [3.8, 4) is 12.3 Å². The van der Waals surface area contributed by atoms with E-state index >= 15 is 0 Å². The number of aryl methyl sites for hydroxylation is 1. The van der Waals surface area contributed by atoms with Crippen molar-refractivity contribution in [2.75, 3.05) is 19.6 Å². The van der Waals surface area contributed by atoms with Gasteiger partial charge in [0.05, 0.1) is 30.2 Å². The lowest BCUT2D eigenvalue weighted by atomic mass is 10.0. The molecule has 0 unspecified atom stereocenters. The van der Waals surface area contributed by atoms with Gasteiger partial charge in [-0.2, -0.15) is 4.31 Å². The summed E-state index contributed by atoms with van der Waals surface area (Å²) in [6.07, 6.45) is 4.46. The van der Waals surface area contributed by atoms with Crippen molar-refractivity contribution in [2.45, 2.75) is 133 Å². The smallest absolute Gasteiger partial charge is 0.429 e. The van der Waals surface area contributed by atoms with E-state index in [9.17, 15) is 27.6 Å². The lowest BCUT2D eigenvalue weighted by Gasteiger charge is -2.49. The fraction of sp³-hybridized carbons (Fsp3) is 0.657. The molecule has 1 heterocycles. The highest BCUT2D eigenvalue weighted by Gasteiger charge is 2.53. The van der Waals surface area contributed by atoms with Crippen LogP contribution in [-0.2, 0) is 29.0 Å². The SMILES string of the molecule is C#CCN(C[C@@H]1[C@@H](OC(=O)NC2CCCC2)[C@@H](OC(=O)NC2CCCC2)CN(C(=O)OC(C)C)N1C(=O)OC(C)C)S(=O)(=O)c1ccc(C)cc1. The zero-order chi connectivity index (χ0) is 37.3. The van der Waals surface area contributed by atoms with Crippen LogP contribution in [0.1, 0.15) is 84.6 Å². The normalized spacial score (nSPS) is 21.4. The first kappa shape index (κ1) is 39.6. The number of amides is 4. The van der Waals surface area contributed by atoms with Gasteiger partial charge in [0.25, 0.3) is 0 Å². The van der Waals surface area contributed by atoms with Gasteiger partial charge in [0, 0.05) is 18.6 Å². The second-order valence-electron chi connectivity index (χ2n) is 13.7. The average Bonchev–Trinajstić information content (AvgIpc) is 3.76.